The number of likely N-dealkylation sites (N-methyl/N-ethyl adjacent to an activating group) is 1. The summed E-state index contributed by atoms with van der Waals surface area (Å²) in [6, 6.07) is 11.5. The maximum absolute atomic E-state index is 12.4. The molecule has 30 heavy (non-hydrogen) atoms. The van der Waals surface area contributed by atoms with Gasteiger partial charge >= 0.3 is 0 Å². The summed E-state index contributed by atoms with van der Waals surface area (Å²) < 4.78 is 6.49. The predicted molar refractivity (Wildman–Crippen MR) is 113 cm³/mol. The lowest BCUT2D eigenvalue weighted by Gasteiger charge is -2.62. The summed E-state index contributed by atoms with van der Waals surface area (Å²) in [5.74, 6) is 0.677. The van der Waals surface area contributed by atoms with Crippen molar-refractivity contribution in [2.75, 3.05) is 13.6 Å². The van der Waals surface area contributed by atoms with Crippen molar-refractivity contribution in [3.63, 3.8) is 0 Å². The summed E-state index contributed by atoms with van der Waals surface area (Å²) in [5.41, 5.74) is 3.34. The molecular formula is C24H21ClN2O3. The van der Waals surface area contributed by atoms with Crippen molar-refractivity contribution in [1.82, 2.24) is 9.88 Å². The standard InChI is InChI=1S/C24H21ClN2O3/c1-27-7-6-23-19-12-2-5-17(28)21(19)30-22(23)20-14(11-24(23,29)18(27)10-12)8-13-9-15(25)3-4-16(13)26-20/h2-5,8-9,18,22,28-29H,6-7,10-11H2,1H3/t18-,22+,23+,24-/m1/s1. The van der Waals surface area contributed by atoms with Crippen LogP contribution in [0.25, 0.3) is 10.9 Å². The number of benzene rings is 2. The van der Waals surface area contributed by atoms with E-state index in [0.717, 1.165) is 47.1 Å². The molecule has 0 saturated carbocycles. The minimum absolute atomic E-state index is 0.0106. The second kappa shape index (κ2) is 5.28. The van der Waals surface area contributed by atoms with Crippen molar-refractivity contribution >= 4 is 22.5 Å². The predicted octanol–water partition coefficient (Wildman–Crippen LogP) is 3.51. The third-order valence-electron chi connectivity index (χ3n) is 8.08. The average Bonchev–Trinajstić information content (AvgIpc) is 3.07. The Bertz CT molecular complexity index is 1280. The number of aliphatic hydroxyl groups is 1. The Balaban J connectivity index is 1.57. The first-order valence-corrected chi connectivity index (χ1v) is 10.8. The number of phenolic OH excluding ortho intramolecular Hbond substituents is 1. The first kappa shape index (κ1) is 17.4. The van der Waals surface area contributed by atoms with Crippen LogP contribution in [0.15, 0.2) is 36.4 Å². The molecule has 2 aliphatic carbocycles. The molecule has 4 aliphatic rings. The van der Waals surface area contributed by atoms with Crippen LogP contribution in [0, 0.1) is 0 Å². The molecule has 6 heteroatoms. The summed E-state index contributed by atoms with van der Waals surface area (Å²) >= 11 is 6.22. The average molecular weight is 421 g/mol. The van der Waals surface area contributed by atoms with Crippen LogP contribution in [-0.2, 0) is 18.3 Å². The molecule has 4 atom stereocenters. The summed E-state index contributed by atoms with van der Waals surface area (Å²) in [6.45, 7) is 0.875. The van der Waals surface area contributed by atoms with E-state index in [1.165, 1.54) is 5.56 Å². The maximum atomic E-state index is 12.4. The van der Waals surface area contributed by atoms with E-state index in [0.29, 0.717) is 17.2 Å². The van der Waals surface area contributed by atoms with Gasteiger partial charge in [0, 0.05) is 28.4 Å². The SMILES string of the molecule is CN1CC[C@]23c4c5ccc(O)c4O[C@H]2c2nc4ccc(Cl)cc4cc2C[C@@]3(O)[C@H]1C5. The van der Waals surface area contributed by atoms with Gasteiger partial charge in [0.25, 0.3) is 0 Å². The zero-order valence-electron chi connectivity index (χ0n) is 16.5. The molecule has 0 unspecified atom stereocenters. The van der Waals surface area contributed by atoms with Crippen LogP contribution in [0.4, 0.5) is 0 Å². The van der Waals surface area contributed by atoms with E-state index in [1.807, 2.05) is 24.3 Å². The van der Waals surface area contributed by atoms with Crippen LogP contribution in [0.1, 0.15) is 34.9 Å². The number of hydrogen-bond donors (Lipinski definition) is 2. The number of hydrogen-bond acceptors (Lipinski definition) is 5. The van der Waals surface area contributed by atoms with Gasteiger partial charge in [0.15, 0.2) is 17.6 Å². The number of aromatic nitrogens is 1. The van der Waals surface area contributed by atoms with Crippen LogP contribution in [0.2, 0.25) is 5.02 Å². The number of likely N-dealkylation sites (tertiary alicyclic amines) is 1. The van der Waals surface area contributed by atoms with E-state index < -0.39 is 17.1 Å². The highest BCUT2D eigenvalue weighted by atomic mass is 35.5. The molecular weight excluding hydrogens is 400 g/mol. The number of phenols is 1. The molecule has 0 amide bonds. The Kier molecular flexibility index (Phi) is 3.05. The second-order valence-electron chi connectivity index (χ2n) is 9.34. The largest absolute Gasteiger partial charge is 0.504 e. The number of nitrogens with zero attached hydrogens (tertiary/aromatic N) is 2. The zero-order chi connectivity index (χ0) is 20.4. The van der Waals surface area contributed by atoms with Crippen molar-refractivity contribution in [3.8, 4) is 11.5 Å². The van der Waals surface area contributed by atoms with Crippen LogP contribution in [-0.4, -0.2) is 45.3 Å². The van der Waals surface area contributed by atoms with E-state index in [1.54, 1.807) is 6.07 Å². The fraction of sp³-hybridized carbons (Fsp3) is 0.375. The molecule has 2 N–H and O–H groups in total. The highest BCUT2D eigenvalue weighted by molar-refractivity contribution is 6.31. The summed E-state index contributed by atoms with van der Waals surface area (Å²) in [5, 5.41) is 24.7. The molecule has 152 valence electrons. The van der Waals surface area contributed by atoms with Gasteiger partial charge in [-0.15, -0.1) is 0 Å². The second-order valence-corrected chi connectivity index (χ2v) is 9.77. The summed E-state index contributed by atoms with van der Waals surface area (Å²) in [6.07, 6.45) is 1.62. The smallest absolute Gasteiger partial charge is 0.166 e. The number of piperidine rings is 1. The van der Waals surface area contributed by atoms with E-state index in [4.69, 9.17) is 21.3 Å². The van der Waals surface area contributed by atoms with Gasteiger partial charge in [0.1, 0.15) is 0 Å². The lowest BCUT2D eigenvalue weighted by molar-refractivity contribution is -0.167. The minimum atomic E-state index is -0.988. The van der Waals surface area contributed by atoms with Gasteiger partial charge < -0.3 is 19.8 Å². The maximum Gasteiger partial charge on any atom is 0.166 e. The molecule has 7 rings (SSSR count). The molecule has 2 aromatic carbocycles. The Labute approximate surface area is 178 Å². The number of aromatic hydroxyl groups is 1. The normalized spacial score (nSPS) is 33.2. The zero-order valence-corrected chi connectivity index (χ0v) is 17.3. The molecule has 1 aromatic heterocycles. The van der Waals surface area contributed by atoms with Gasteiger partial charge in [-0.05, 0) is 67.9 Å². The number of ether oxygens (including phenoxy) is 1. The lowest BCUT2D eigenvalue weighted by Crippen LogP contribution is -2.74. The monoisotopic (exact) mass is 420 g/mol. The van der Waals surface area contributed by atoms with Crippen LogP contribution < -0.4 is 4.74 Å². The van der Waals surface area contributed by atoms with Crippen LogP contribution in [0.5, 0.6) is 11.5 Å². The molecule has 2 aliphatic heterocycles. The van der Waals surface area contributed by atoms with Crippen LogP contribution >= 0.6 is 11.6 Å². The first-order valence-electron chi connectivity index (χ1n) is 10.5. The van der Waals surface area contributed by atoms with E-state index in [9.17, 15) is 10.2 Å². The third kappa shape index (κ3) is 1.78. The first-order chi connectivity index (χ1) is 14.4. The highest BCUT2D eigenvalue weighted by Crippen LogP contribution is 2.68. The Morgan fingerprint density at radius 1 is 1.20 bits per heavy atom. The quantitative estimate of drug-likeness (QED) is 0.582. The summed E-state index contributed by atoms with van der Waals surface area (Å²) in [4.78, 5) is 7.29. The highest BCUT2D eigenvalue weighted by Gasteiger charge is 2.72. The van der Waals surface area contributed by atoms with Gasteiger partial charge in [-0.3, -0.25) is 0 Å². The Morgan fingerprint density at radius 2 is 2.07 bits per heavy atom. The van der Waals surface area contributed by atoms with Crippen molar-refractivity contribution in [3.05, 3.63) is 63.8 Å². The number of halogens is 1. The van der Waals surface area contributed by atoms with Crippen LogP contribution in [0.3, 0.4) is 0 Å². The molecule has 1 saturated heterocycles. The molecule has 3 aromatic rings. The van der Waals surface area contributed by atoms with Crippen molar-refractivity contribution in [2.24, 2.45) is 0 Å². The fourth-order valence-electron chi connectivity index (χ4n) is 6.79. The fourth-order valence-corrected chi connectivity index (χ4v) is 6.97. The number of rotatable bonds is 0. The van der Waals surface area contributed by atoms with E-state index in [-0.39, 0.29) is 11.8 Å². The van der Waals surface area contributed by atoms with Gasteiger partial charge in [-0.25, -0.2) is 4.98 Å². The molecule has 2 bridgehead atoms. The number of fused-ring (bicyclic) bond motifs is 3. The Morgan fingerprint density at radius 3 is 2.93 bits per heavy atom. The molecule has 3 heterocycles. The third-order valence-corrected chi connectivity index (χ3v) is 8.31. The van der Waals surface area contributed by atoms with E-state index in [2.05, 4.69) is 18.0 Å². The molecule has 1 spiro atoms. The van der Waals surface area contributed by atoms with Crippen molar-refractivity contribution in [2.45, 2.75) is 42.4 Å². The van der Waals surface area contributed by atoms with Crippen molar-refractivity contribution in [1.29, 1.82) is 0 Å². The minimum Gasteiger partial charge on any atom is -0.504 e. The van der Waals surface area contributed by atoms with Gasteiger partial charge in [-0.2, -0.15) is 0 Å². The lowest BCUT2D eigenvalue weighted by atomic mass is 9.49. The number of pyridine rings is 1. The van der Waals surface area contributed by atoms with Gasteiger partial charge in [0.2, 0.25) is 0 Å². The Hall–Kier alpha value is -2.34. The molecule has 1 fully saturated rings. The van der Waals surface area contributed by atoms with Gasteiger partial charge in [-0.1, -0.05) is 17.7 Å². The summed E-state index contributed by atoms with van der Waals surface area (Å²) in [7, 11) is 2.10. The van der Waals surface area contributed by atoms with Crippen molar-refractivity contribution < 1.29 is 14.9 Å². The topological polar surface area (TPSA) is 65.8 Å². The van der Waals surface area contributed by atoms with Gasteiger partial charge in [0.05, 0.1) is 22.2 Å². The molecule has 0 radical (unpaired) electrons. The van der Waals surface area contributed by atoms with E-state index >= 15 is 0 Å². The molecule has 5 nitrogen and oxygen atoms in total.